The lowest BCUT2D eigenvalue weighted by Gasteiger charge is -2.40. The summed E-state index contributed by atoms with van der Waals surface area (Å²) in [6.45, 7) is 10.4. The topological polar surface area (TPSA) is 54.0 Å². The molecule has 1 fully saturated rings. The molecule has 1 unspecified atom stereocenters. The first-order chi connectivity index (χ1) is 14.5. The number of piperazine rings is 1. The van der Waals surface area contributed by atoms with E-state index in [1.165, 1.54) is 0 Å². The van der Waals surface area contributed by atoms with Gasteiger partial charge in [-0.3, -0.25) is 14.1 Å². The van der Waals surface area contributed by atoms with Gasteiger partial charge >= 0.3 is 0 Å². The average Bonchev–Trinajstić information content (AvgIpc) is 3.12. The molecular formula is C24H26N4O2. The minimum absolute atomic E-state index is 0.0292. The molecule has 5 rings (SSSR count). The standard InChI is InChI=1S/C24H26N4O2/c1-4-26-9-10-27(14-16(26)2)21-7-6-20-11-19(13-24(29)28(20)15-21)18-5-8-22-23(12-18)30-17(3)25-22/h5-8,11-13,15-16H,4,9-10,14H2,1-3H3. The van der Waals surface area contributed by atoms with Gasteiger partial charge in [0.2, 0.25) is 0 Å². The molecule has 6 nitrogen and oxygen atoms in total. The van der Waals surface area contributed by atoms with Crippen LogP contribution in [-0.4, -0.2) is 46.5 Å². The number of aryl methyl sites for hydroxylation is 1. The van der Waals surface area contributed by atoms with Crippen molar-refractivity contribution in [1.82, 2.24) is 14.3 Å². The SMILES string of the molecule is CCN1CCN(c2ccc3cc(-c4ccc5nc(C)oc5c4)cc(=O)n3c2)CC1C. The fraction of sp³-hybridized carbons (Fsp3) is 0.333. The van der Waals surface area contributed by atoms with Gasteiger partial charge in [0.15, 0.2) is 11.5 Å². The molecule has 1 aliphatic rings. The molecule has 1 atom stereocenters. The number of pyridine rings is 2. The fourth-order valence-electron chi connectivity index (χ4n) is 4.49. The van der Waals surface area contributed by atoms with Gasteiger partial charge in [-0.2, -0.15) is 0 Å². The molecule has 4 heterocycles. The number of anilines is 1. The summed E-state index contributed by atoms with van der Waals surface area (Å²) in [5.74, 6) is 0.641. The van der Waals surface area contributed by atoms with Gasteiger partial charge in [0.25, 0.3) is 5.56 Å². The third kappa shape index (κ3) is 3.27. The predicted octanol–water partition coefficient (Wildman–Crippen LogP) is 3.95. The summed E-state index contributed by atoms with van der Waals surface area (Å²) < 4.78 is 7.39. The maximum Gasteiger partial charge on any atom is 0.255 e. The molecule has 4 aromatic rings. The maximum absolute atomic E-state index is 12.9. The number of rotatable bonds is 3. The number of fused-ring (bicyclic) bond motifs is 2. The van der Waals surface area contributed by atoms with Crippen molar-refractivity contribution >= 4 is 22.3 Å². The van der Waals surface area contributed by atoms with Crippen LogP contribution in [0.3, 0.4) is 0 Å². The highest BCUT2D eigenvalue weighted by atomic mass is 16.3. The summed E-state index contributed by atoms with van der Waals surface area (Å²) in [6, 6.07) is 14.3. The summed E-state index contributed by atoms with van der Waals surface area (Å²) in [7, 11) is 0. The summed E-state index contributed by atoms with van der Waals surface area (Å²) in [5, 5.41) is 0. The number of aromatic nitrogens is 2. The van der Waals surface area contributed by atoms with E-state index in [4.69, 9.17) is 4.42 Å². The van der Waals surface area contributed by atoms with Crippen LogP contribution in [0.15, 0.2) is 57.9 Å². The first-order valence-corrected chi connectivity index (χ1v) is 10.5. The van der Waals surface area contributed by atoms with E-state index in [9.17, 15) is 4.79 Å². The van der Waals surface area contributed by atoms with Gasteiger partial charge in [-0.05, 0) is 54.9 Å². The first kappa shape index (κ1) is 18.9. The van der Waals surface area contributed by atoms with E-state index in [-0.39, 0.29) is 5.56 Å². The quantitative estimate of drug-likeness (QED) is 0.519. The average molecular weight is 402 g/mol. The number of nitrogens with zero attached hydrogens (tertiary/aromatic N) is 4. The van der Waals surface area contributed by atoms with Gasteiger partial charge in [0.1, 0.15) is 5.52 Å². The van der Waals surface area contributed by atoms with E-state index in [2.05, 4.69) is 34.7 Å². The molecule has 0 spiro atoms. The second-order valence-electron chi connectivity index (χ2n) is 8.10. The zero-order valence-corrected chi connectivity index (χ0v) is 17.6. The molecule has 3 aromatic heterocycles. The second kappa shape index (κ2) is 7.29. The minimum atomic E-state index is -0.0292. The molecule has 154 valence electrons. The Balaban J connectivity index is 1.50. The molecule has 0 N–H and O–H groups in total. The molecule has 30 heavy (non-hydrogen) atoms. The van der Waals surface area contributed by atoms with Crippen molar-refractivity contribution in [2.24, 2.45) is 0 Å². The Morgan fingerprint density at radius 2 is 1.97 bits per heavy atom. The normalized spacial score (nSPS) is 17.8. The Morgan fingerprint density at radius 1 is 1.10 bits per heavy atom. The van der Waals surface area contributed by atoms with Crippen molar-refractivity contribution in [3.05, 3.63) is 64.9 Å². The van der Waals surface area contributed by atoms with Crippen molar-refractivity contribution in [2.45, 2.75) is 26.8 Å². The predicted molar refractivity (Wildman–Crippen MR) is 120 cm³/mol. The molecule has 1 saturated heterocycles. The number of hydrogen-bond acceptors (Lipinski definition) is 5. The van der Waals surface area contributed by atoms with Crippen LogP contribution in [0.5, 0.6) is 0 Å². The molecule has 1 aromatic carbocycles. The van der Waals surface area contributed by atoms with Crippen molar-refractivity contribution < 1.29 is 4.42 Å². The Hall–Kier alpha value is -3.12. The molecule has 0 amide bonds. The smallest absolute Gasteiger partial charge is 0.255 e. The summed E-state index contributed by atoms with van der Waals surface area (Å²) in [5.41, 5.74) is 5.35. The van der Waals surface area contributed by atoms with Crippen molar-refractivity contribution in [3.8, 4) is 11.1 Å². The van der Waals surface area contributed by atoms with Crippen LogP contribution >= 0.6 is 0 Å². The first-order valence-electron chi connectivity index (χ1n) is 10.5. The van der Waals surface area contributed by atoms with Crippen LogP contribution in [0.1, 0.15) is 19.7 Å². The van der Waals surface area contributed by atoms with E-state index >= 15 is 0 Å². The third-order valence-corrected chi connectivity index (χ3v) is 6.15. The van der Waals surface area contributed by atoms with E-state index in [0.29, 0.717) is 11.9 Å². The molecule has 0 radical (unpaired) electrons. The fourth-order valence-corrected chi connectivity index (χ4v) is 4.49. The van der Waals surface area contributed by atoms with Gasteiger partial charge in [-0.25, -0.2) is 4.98 Å². The van der Waals surface area contributed by atoms with E-state index < -0.39 is 0 Å². The van der Waals surface area contributed by atoms with Gasteiger partial charge in [0, 0.05) is 50.4 Å². The lowest BCUT2D eigenvalue weighted by molar-refractivity contribution is 0.199. The largest absolute Gasteiger partial charge is 0.441 e. The number of likely N-dealkylation sites (N-methyl/N-ethyl adjacent to an activating group) is 1. The second-order valence-corrected chi connectivity index (χ2v) is 8.10. The van der Waals surface area contributed by atoms with Crippen LogP contribution in [0, 0.1) is 6.92 Å². The third-order valence-electron chi connectivity index (χ3n) is 6.15. The Kier molecular flexibility index (Phi) is 4.59. The Bertz CT molecular complexity index is 1290. The lowest BCUT2D eigenvalue weighted by Crippen LogP contribution is -2.51. The van der Waals surface area contributed by atoms with Crippen LogP contribution in [0.25, 0.3) is 27.7 Å². The van der Waals surface area contributed by atoms with Crippen LogP contribution in [0.4, 0.5) is 5.69 Å². The zero-order valence-electron chi connectivity index (χ0n) is 17.6. The molecule has 0 bridgehead atoms. The molecule has 0 saturated carbocycles. The lowest BCUT2D eigenvalue weighted by atomic mass is 10.1. The van der Waals surface area contributed by atoms with Crippen LogP contribution in [-0.2, 0) is 0 Å². The highest BCUT2D eigenvalue weighted by Crippen LogP contribution is 2.26. The van der Waals surface area contributed by atoms with Gasteiger partial charge in [-0.1, -0.05) is 13.0 Å². The van der Waals surface area contributed by atoms with Crippen LogP contribution in [0.2, 0.25) is 0 Å². The molecule has 0 aliphatic carbocycles. The van der Waals surface area contributed by atoms with Gasteiger partial charge in [-0.15, -0.1) is 0 Å². The van der Waals surface area contributed by atoms with Crippen LogP contribution < -0.4 is 10.5 Å². The highest BCUT2D eigenvalue weighted by molar-refractivity contribution is 5.81. The maximum atomic E-state index is 12.9. The molecule has 1 aliphatic heterocycles. The van der Waals surface area contributed by atoms with Crippen molar-refractivity contribution in [3.63, 3.8) is 0 Å². The Morgan fingerprint density at radius 3 is 2.77 bits per heavy atom. The summed E-state index contributed by atoms with van der Waals surface area (Å²) in [6.07, 6.45) is 1.97. The monoisotopic (exact) mass is 402 g/mol. The van der Waals surface area contributed by atoms with E-state index in [1.54, 1.807) is 10.5 Å². The number of oxazole rings is 1. The zero-order chi connectivity index (χ0) is 20.8. The number of hydrogen-bond donors (Lipinski definition) is 0. The van der Waals surface area contributed by atoms with Crippen molar-refractivity contribution in [1.29, 1.82) is 0 Å². The molecule has 6 heteroatoms. The summed E-state index contributed by atoms with van der Waals surface area (Å²) in [4.78, 5) is 22.1. The molecular weight excluding hydrogens is 376 g/mol. The minimum Gasteiger partial charge on any atom is -0.441 e. The van der Waals surface area contributed by atoms with E-state index in [1.807, 2.05) is 43.5 Å². The summed E-state index contributed by atoms with van der Waals surface area (Å²) >= 11 is 0. The number of benzene rings is 1. The highest BCUT2D eigenvalue weighted by Gasteiger charge is 2.22. The van der Waals surface area contributed by atoms with Gasteiger partial charge < -0.3 is 9.32 Å². The van der Waals surface area contributed by atoms with Gasteiger partial charge in [0.05, 0.1) is 5.69 Å². The Labute approximate surface area is 175 Å². The van der Waals surface area contributed by atoms with E-state index in [0.717, 1.165) is 59.6 Å². The van der Waals surface area contributed by atoms with Crippen molar-refractivity contribution in [2.75, 3.05) is 31.1 Å².